The number of amides is 1. The topological polar surface area (TPSA) is 70.0 Å². The number of aliphatic hydroxyl groups is 1. The zero-order valence-corrected chi connectivity index (χ0v) is 13.2. The molecule has 0 aliphatic heterocycles. The summed E-state index contributed by atoms with van der Waals surface area (Å²) in [5, 5.41) is 18.6. The van der Waals surface area contributed by atoms with Crippen LogP contribution in [0.25, 0.3) is 0 Å². The first-order valence-corrected chi connectivity index (χ1v) is 7.10. The summed E-state index contributed by atoms with van der Waals surface area (Å²) >= 11 is 0. The van der Waals surface area contributed by atoms with Gasteiger partial charge < -0.3 is 19.8 Å². The Balaban J connectivity index is 2.75. The number of aliphatic hydroxyl groups excluding tert-OH is 1. The summed E-state index contributed by atoms with van der Waals surface area (Å²) in [5.41, 5.74) is 0.362. The second-order valence-electron chi connectivity index (χ2n) is 6.15. The van der Waals surface area contributed by atoms with E-state index < -0.39 is 11.7 Å². The van der Waals surface area contributed by atoms with Crippen molar-refractivity contribution < 1.29 is 19.7 Å². The maximum atomic E-state index is 12.1. The maximum absolute atomic E-state index is 12.1. The van der Waals surface area contributed by atoms with E-state index in [1.807, 2.05) is 13.0 Å². The van der Waals surface area contributed by atoms with Gasteiger partial charge in [-0.05, 0) is 44.4 Å². The highest BCUT2D eigenvalue weighted by atomic mass is 16.6. The van der Waals surface area contributed by atoms with Gasteiger partial charge in [0.05, 0.1) is 6.61 Å². The van der Waals surface area contributed by atoms with Crippen LogP contribution in [0.15, 0.2) is 24.3 Å². The lowest BCUT2D eigenvalue weighted by Gasteiger charge is -2.29. The van der Waals surface area contributed by atoms with E-state index >= 15 is 0 Å². The van der Waals surface area contributed by atoms with Crippen LogP contribution >= 0.6 is 0 Å². The highest BCUT2D eigenvalue weighted by molar-refractivity contribution is 5.68. The van der Waals surface area contributed by atoms with Gasteiger partial charge in [0, 0.05) is 13.1 Å². The highest BCUT2D eigenvalue weighted by Crippen LogP contribution is 2.21. The first-order chi connectivity index (χ1) is 9.73. The van der Waals surface area contributed by atoms with Crippen LogP contribution in [0, 0.1) is 0 Å². The van der Waals surface area contributed by atoms with E-state index in [1.165, 1.54) is 4.90 Å². The zero-order valence-electron chi connectivity index (χ0n) is 13.2. The molecule has 0 fully saturated rings. The predicted octanol–water partition coefficient (Wildman–Crippen LogP) is 2.73. The Morgan fingerprint density at radius 2 is 2.05 bits per heavy atom. The molecule has 2 N–H and O–H groups in total. The number of hydrogen-bond acceptors (Lipinski definition) is 4. The summed E-state index contributed by atoms with van der Waals surface area (Å²) in [6.45, 7) is 7.90. The first kappa shape index (κ1) is 17.3. The summed E-state index contributed by atoms with van der Waals surface area (Å²) in [6, 6.07) is 6.95. The number of phenolic OH excluding ortho intramolecular Hbond substituents is 1. The molecule has 0 radical (unpaired) electrons. The van der Waals surface area contributed by atoms with Crippen LogP contribution < -0.4 is 0 Å². The summed E-state index contributed by atoms with van der Waals surface area (Å²) in [7, 11) is 0. The van der Waals surface area contributed by atoms with Crippen LogP contribution in [-0.4, -0.2) is 46.5 Å². The molecular weight excluding hydrogens is 270 g/mol. The van der Waals surface area contributed by atoms with E-state index in [0.29, 0.717) is 6.54 Å². The number of ether oxygens (including phenoxy) is 1. The smallest absolute Gasteiger partial charge is 0.410 e. The third-order valence-electron chi connectivity index (χ3n) is 2.96. The van der Waals surface area contributed by atoms with Gasteiger partial charge in [-0.25, -0.2) is 4.79 Å². The van der Waals surface area contributed by atoms with E-state index in [4.69, 9.17) is 9.84 Å². The Labute approximate surface area is 126 Å². The molecule has 1 aromatic carbocycles. The van der Waals surface area contributed by atoms with Gasteiger partial charge in [0.25, 0.3) is 0 Å². The van der Waals surface area contributed by atoms with E-state index in [-0.39, 0.29) is 24.8 Å². The summed E-state index contributed by atoms with van der Waals surface area (Å²) < 4.78 is 5.34. The lowest BCUT2D eigenvalue weighted by atomic mass is 10.0. The highest BCUT2D eigenvalue weighted by Gasteiger charge is 2.23. The van der Waals surface area contributed by atoms with Crippen molar-refractivity contribution in [2.45, 2.75) is 39.2 Å². The lowest BCUT2D eigenvalue weighted by Crippen LogP contribution is -2.40. The lowest BCUT2D eigenvalue weighted by molar-refractivity contribution is 0.0209. The Hall–Kier alpha value is -1.75. The number of hydrogen-bond donors (Lipinski definition) is 2. The number of phenols is 1. The molecule has 0 aromatic heterocycles. The molecule has 118 valence electrons. The van der Waals surface area contributed by atoms with Crippen LogP contribution in [-0.2, 0) is 4.74 Å². The number of rotatable bonds is 5. The predicted molar refractivity (Wildman–Crippen MR) is 81.4 cm³/mol. The molecule has 1 atom stereocenters. The minimum Gasteiger partial charge on any atom is -0.508 e. The SMILES string of the molecule is C[C@@H](CN(CCO)C(=O)OC(C)(C)C)c1cccc(O)c1. The van der Waals surface area contributed by atoms with Crippen molar-refractivity contribution in [3.8, 4) is 5.75 Å². The van der Waals surface area contributed by atoms with Crippen molar-refractivity contribution in [2.75, 3.05) is 19.7 Å². The molecule has 5 heteroatoms. The molecule has 0 saturated heterocycles. The van der Waals surface area contributed by atoms with Gasteiger partial charge >= 0.3 is 6.09 Å². The van der Waals surface area contributed by atoms with Crippen molar-refractivity contribution >= 4 is 6.09 Å². The van der Waals surface area contributed by atoms with Gasteiger partial charge in [-0.15, -0.1) is 0 Å². The van der Waals surface area contributed by atoms with Crippen LogP contribution in [0.1, 0.15) is 39.2 Å². The van der Waals surface area contributed by atoms with Crippen molar-refractivity contribution in [3.63, 3.8) is 0 Å². The Morgan fingerprint density at radius 3 is 2.57 bits per heavy atom. The molecule has 21 heavy (non-hydrogen) atoms. The summed E-state index contributed by atoms with van der Waals surface area (Å²) in [4.78, 5) is 13.6. The number of nitrogens with zero attached hydrogens (tertiary/aromatic N) is 1. The normalized spacial score (nSPS) is 12.8. The Morgan fingerprint density at radius 1 is 1.38 bits per heavy atom. The second-order valence-corrected chi connectivity index (χ2v) is 6.15. The van der Waals surface area contributed by atoms with E-state index in [9.17, 15) is 9.90 Å². The Bertz CT molecular complexity index is 468. The number of carbonyl (C=O) groups excluding carboxylic acids is 1. The molecule has 5 nitrogen and oxygen atoms in total. The minimum atomic E-state index is -0.570. The second kappa shape index (κ2) is 7.31. The maximum Gasteiger partial charge on any atom is 0.410 e. The Kier molecular flexibility index (Phi) is 6.03. The number of benzene rings is 1. The molecule has 0 spiro atoms. The average molecular weight is 295 g/mol. The monoisotopic (exact) mass is 295 g/mol. The fourth-order valence-electron chi connectivity index (χ4n) is 1.97. The van der Waals surface area contributed by atoms with Crippen LogP contribution in [0.5, 0.6) is 5.75 Å². The zero-order chi connectivity index (χ0) is 16.0. The van der Waals surface area contributed by atoms with Crippen LogP contribution in [0.2, 0.25) is 0 Å². The molecule has 1 aromatic rings. The molecule has 0 bridgehead atoms. The molecule has 0 saturated carbocycles. The fraction of sp³-hybridized carbons (Fsp3) is 0.562. The van der Waals surface area contributed by atoms with Crippen molar-refractivity contribution in [3.05, 3.63) is 29.8 Å². The van der Waals surface area contributed by atoms with Gasteiger partial charge in [0.1, 0.15) is 11.4 Å². The third kappa shape index (κ3) is 6.04. The molecule has 0 unspecified atom stereocenters. The molecule has 0 aliphatic carbocycles. The van der Waals surface area contributed by atoms with Crippen molar-refractivity contribution in [1.29, 1.82) is 0 Å². The standard InChI is InChI=1S/C16H25NO4/c1-12(13-6-5-7-14(19)10-13)11-17(8-9-18)15(20)21-16(2,3)4/h5-7,10,12,18-19H,8-9,11H2,1-4H3/t12-/m0/s1. The molecular formula is C16H25NO4. The van der Waals surface area contributed by atoms with Gasteiger partial charge in [0.15, 0.2) is 0 Å². The number of aromatic hydroxyl groups is 1. The van der Waals surface area contributed by atoms with Crippen molar-refractivity contribution in [2.24, 2.45) is 0 Å². The van der Waals surface area contributed by atoms with Crippen LogP contribution in [0.3, 0.4) is 0 Å². The van der Waals surface area contributed by atoms with Gasteiger partial charge in [-0.1, -0.05) is 19.1 Å². The van der Waals surface area contributed by atoms with E-state index in [1.54, 1.807) is 39.0 Å². The minimum absolute atomic E-state index is 0.0242. The van der Waals surface area contributed by atoms with E-state index in [0.717, 1.165) is 5.56 Å². The largest absolute Gasteiger partial charge is 0.508 e. The molecule has 0 aliphatic rings. The summed E-state index contributed by atoms with van der Waals surface area (Å²) in [6.07, 6.45) is -0.441. The van der Waals surface area contributed by atoms with Gasteiger partial charge in [-0.3, -0.25) is 0 Å². The average Bonchev–Trinajstić information content (AvgIpc) is 2.36. The third-order valence-corrected chi connectivity index (χ3v) is 2.96. The molecule has 0 heterocycles. The quantitative estimate of drug-likeness (QED) is 0.876. The number of carbonyl (C=O) groups is 1. The van der Waals surface area contributed by atoms with Crippen LogP contribution in [0.4, 0.5) is 4.79 Å². The molecule has 1 amide bonds. The molecule has 1 rings (SSSR count). The van der Waals surface area contributed by atoms with Crippen molar-refractivity contribution in [1.82, 2.24) is 4.90 Å². The van der Waals surface area contributed by atoms with E-state index in [2.05, 4.69) is 0 Å². The van der Waals surface area contributed by atoms with Gasteiger partial charge in [0.2, 0.25) is 0 Å². The fourth-order valence-corrected chi connectivity index (χ4v) is 1.97. The first-order valence-electron chi connectivity index (χ1n) is 7.10. The summed E-state index contributed by atoms with van der Waals surface area (Å²) in [5.74, 6) is 0.224. The van der Waals surface area contributed by atoms with Gasteiger partial charge in [-0.2, -0.15) is 0 Å².